The van der Waals surface area contributed by atoms with E-state index >= 15 is 0 Å². The zero-order chi connectivity index (χ0) is 19.1. The van der Waals surface area contributed by atoms with Crippen LogP contribution in [0.25, 0.3) is 0 Å². The Labute approximate surface area is 132 Å². The number of aliphatic carboxylic acids is 1. The van der Waals surface area contributed by atoms with E-state index in [1.54, 1.807) is 0 Å². The molecule has 2 unspecified atom stereocenters. The van der Waals surface area contributed by atoms with Crippen LogP contribution in [0.2, 0.25) is 0 Å². The van der Waals surface area contributed by atoms with Crippen molar-refractivity contribution in [2.75, 3.05) is 11.5 Å². The lowest BCUT2D eigenvalue weighted by Gasteiger charge is -2.08. The van der Waals surface area contributed by atoms with Crippen molar-refractivity contribution in [3.8, 4) is 0 Å². The highest BCUT2D eigenvalue weighted by Crippen LogP contribution is 2.52. The van der Waals surface area contributed by atoms with Crippen LogP contribution >= 0.6 is 0 Å². The van der Waals surface area contributed by atoms with Gasteiger partial charge in [0.05, 0.1) is 17.4 Å². The first kappa shape index (κ1) is 21.0. The van der Waals surface area contributed by atoms with Crippen molar-refractivity contribution in [3.05, 3.63) is 0 Å². The Morgan fingerprint density at radius 1 is 0.792 bits per heavy atom. The predicted molar refractivity (Wildman–Crippen MR) is 67.0 cm³/mol. The van der Waals surface area contributed by atoms with Crippen molar-refractivity contribution in [1.82, 2.24) is 0 Å². The van der Waals surface area contributed by atoms with Crippen LogP contribution < -0.4 is 0 Å². The average Bonchev–Trinajstić information content (AvgIpc) is 3.04. The van der Waals surface area contributed by atoms with Crippen molar-refractivity contribution in [2.45, 2.75) is 23.9 Å². The summed E-state index contributed by atoms with van der Waals surface area (Å²) < 4.78 is 117. The third kappa shape index (κ3) is 4.52. The Morgan fingerprint density at radius 3 is 1.29 bits per heavy atom. The predicted octanol–water partition coefficient (Wildman–Crippen LogP) is 1.58. The molecule has 1 saturated carbocycles. The first-order valence-corrected chi connectivity index (χ1v) is 9.62. The molecule has 1 rings (SSSR count). The third-order valence-corrected chi connectivity index (χ3v) is 6.72. The van der Waals surface area contributed by atoms with Gasteiger partial charge in [0, 0.05) is 0 Å². The number of sulfone groups is 2. The molecular weight excluding hydrogens is 394 g/mol. The molecule has 6 nitrogen and oxygen atoms in total. The fourth-order valence-corrected chi connectivity index (χ4v) is 4.04. The van der Waals surface area contributed by atoms with Crippen molar-refractivity contribution in [3.63, 3.8) is 0 Å². The van der Waals surface area contributed by atoms with Crippen LogP contribution in [-0.2, 0) is 24.5 Å². The molecule has 0 radical (unpaired) electrons. The molecule has 0 spiro atoms. The van der Waals surface area contributed by atoms with Gasteiger partial charge in [0.25, 0.3) is 0 Å². The zero-order valence-electron chi connectivity index (χ0n) is 11.6. The quantitative estimate of drug-likeness (QED) is 0.644. The minimum Gasteiger partial charge on any atom is -0.481 e. The molecule has 0 aromatic carbocycles. The number of hydrogen-bond donors (Lipinski definition) is 1. The minimum absolute atomic E-state index is 0.727. The van der Waals surface area contributed by atoms with E-state index in [0.29, 0.717) is 0 Å². The largest absolute Gasteiger partial charge is 0.497 e. The van der Waals surface area contributed by atoms with Gasteiger partial charge in [-0.15, -0.1) is 0 Å². The van der Waals surface area contributed by atoms with Gasteiger partial charge >= 0.3 is 17.0 Å². The van der Waals surface area contributed by atoms with Crippen LogP contribution in [-0.4, -0.2) is 50.4 Å². The lowest BCUT2D eigenvalue weighted by Crippen LogP contribution is -2.27. The summed E-state index contributed by atoms with van der Waals surface area (Å²) in [7, 11) is -11.0. The second-order valence-electron chi connectivity index (χ2n) is 5.30. The van der Waals surface area contributed by atoms with Gasteiger partial charge in [0.1, 0.15) is 0 Å². The highest BCUT2D eigenvalue weighted by molar-refractivity contribution is 7.92. The van der Waals surface area contributed by atoms with Gasteiger partial charge in [-0.3, -0.25) is 4.79 Å². The van der Waals surface area contributed by atoms with E-state index in [1.165, 1.54) is 0 Å². The van der Waals surface area contributed by atoms with Crippen LogP contribution in [0, 0.1) is 17.8 Å². The highest BCUT2D eigenvalue weighted by atomic mass is 32.2. The first-order chi connectivity index (χ1) is 10.5. The molecule has 0 aromatic heterocycles. The van der Waals surface area contributed by atoms with Crippen molar-refractivity contribution >= 4 is 25.6 Å². The van der Waals surface area contributed by atoms with Crippen molar-refractivity contribution in [1.29, 1.82) is 0 Å². The van der Waals surface area contributed by atoms with Gasteiger partial charge in [-0.1, -0.05) is 0 Å². The smallest absolute Gasteiger partial charge is 0.481 e. The molecule has 142 valence electrons. The second-order valence-corrected chi connectivity index (χ2v) is 9.50. The van der Waals surface area contributed by atoms with Crippen LogP contribution in [0.15, 0.2) is 0 Å². The Kier molecular flexibility index (Phi) is 5.55. The number of carbonyl (C=O) groups is 1. The fourth-order valence-electron chi connectivity index (χ4n) is 2.41. The summed E-state index contributed by atoms with van der Waals surface area (Å²) in [6, 6.07) is 0. The summed E-state index contributed by atoms with van der Waals surface area (Å²) in [6.45, 7) is 0. The maximum absolute atomic E-state index is 12.2. The Bertz CT molecular complexity index is 638. The summed E-state index contributed by atoms with van der Waals surface area (Å²) >= 11 is 0. The Hall–Kier alpha value is -1.05. The average molecular weight is 406 g/mol. The maximum atomic E-state index is 12.2. The third-order valence-electron chi connectivity index (χ3n) is 3.76. The molecule has 0 aliphatic heterocycles. The van der Waals surface area contributed by atoms with E-state index in [9.17, 15) is 48.0 Å². The van der Waals surface area contributed by atoms with E-state index < -0.39 is 78.8 Å². The SMILES string of the molecule is O=C(O)C1C(CCS(=O)(=O)C(F)(F)F)C1CCS(=O)(=O)C(F)(F)F. The summed E-state index contributed by atoms with van der Waals surface area (Å²) in [5, 5.41) is 8.83. The lowest BCUT2D eigenvalue weighted by molar-refractivity contribution is -0.139. The molecule has 14 heteroatoms. The second kappa shape index (κ2) is 6.35. The van der Waals surface area contributed by atoms with Crippen LogP contribution in [0.1, 0.15) is 12.8 Å². The number of carboxylic acids is 1. The van der Waals surface area contributed by atoms with Crippen molar-refractivity contribution < 1.29 is 53.1 Å². The van der Waals surface area contributed by atoms with E-state index in [0.717, 1.165) is 0 Å². The summed E-state index contributed by atoms with van der Waals surface area (Å²) in [5.74, 6) is -7.96. The standard InChI is InChI=1S/C10H12F6O6S2/c11-9(12,13)23(19,20)3-1-5-6(7(5)8(17)18)2-4-24(21,22)10(14,15)16/h5-7H,1-4H2,(H,17,18). The molecule has 2 atom stereocenters. The maximum Gasteiger partial charge on any atom is 0.497 e. The number of alkyl halides is 6. The monoisotopic (exact) mass is 406 g/mol. The molecule has 24 heavy (non-hydrogen) atoms. The number of hydrogen-bond acceptors (Lipinski definition) is 5. The van der Waals surface area contributed by atoms with Gasteiger partial charge in [0.15, 0.2) is 0 Å². The van der Waals surface area contributed by atoms with Gasteiger partial charge < -0.3 is 5.11 Å². The van der Waals surface area contributed by atoms with Gasteiger partial charge in [-0.05, 0) is 24.7 Å². The summed E-state index contributed by atoms with van der Waals surface area (Å²) in [6.07, 6.45) is -1.45. The van der Waals surface area contributed by atoms with E-state index in [1.807, 2.05) is 0 Å². The molecule has 0 saturated heterocycles. The van der Waals surface area contributed by atoms with Gasteiger partial charge in [0.2, 0.25) is 19.7 Å². The number of rotatable bonds is 7. The molecule has 0 amide bonds. The Morgan fingerprint density at radius 2 is 1.08 bits per heavy atom. The minimum atomic E-state index is -5.52. The number of carboxylic acid groups (broad SMARTS) is 1. The van der Waals surface area contributed by atoms with Crippen molar-refractivity contribution in [2.24, 2.45) is 17.8 Å². The van der Waals surface area contributed by atoms with Crippen LogP contribution in [0.3, 0.4) is 0 Å². The topological polar surface area (TPSA) is 106 Å². The molecule has 0 bridgehead atoms. The zero-order valence-corrected chi connectivity index (χ0v) is 13.3. The van der Waals surface area contributed by atoms with E-state index in [4.69, 9.17) is 5.11 Å². The van der Waals surface area contributed by atoms with E-state index in [2.05, 4.69) is 0 Å². The first-order valence-electron chi connectivity index (χ1n) is 6.32. The van der Waals surface area contributed by atoms with Crippen LogP contribution in [0.5, 0.6) is 0 Å². The molecule has 1 aliphatic carbocycles. The molecular formula is C10H12F6O6S2. The van der Waals surface area contributed by atoms with Crippen LogP contribution in [0.4, 0.5) is 26.3 Å². The lowest BCUT2D eigenvalue weighted by atomic mass is 10.2. The summed E-state index contributed by atoms with van der Waals surface area (Å²) in [5.41, 5.74) is -11.0. The normalized spacial score (nSPS) is 25.5. The Balaban J connectivity index is 2.72. The van der Waals surface area contributed by atoms with Gasteiger partial charge in [-0.25, -0.2) is 16.8 Å². The van der Waals surface area contributed by atoms with E-state index in [-0.39, 0.29) is 0 Å². The number of halogens is 6. The fraction of sp³-hybridized carbons (Fsp3) is 0.900. The van der Waals surface area contributed by atoms with Gasteiger partial charge in [-0.2, -0.15) is 26.3 Å². The molecule has 0 heterocycles. The molecule has 1 N–H and O–H groups in total. The summed E-state index contributed by atoms with van der Waals surface area (Å²) in [4.78, 5) is 10.9. The molecule has 1 aliphatic rings. The highest BCUT2D eigenvalue weighted by Gasteiger charge is 2.57. The molecule has 1 fully saturated rings. The molecule has 0 aromatic rings.